The number of hydrogen-bond donors (Lipinski definition) is 0. The number of rotatable bonds is 3. The first-order valence-corrected chi connectivity index (χ1v) is 7.74. The van der Waals surface area contributed by atoms with Gasteiger partial charge in [-0.1, -0.05) is 0 Å². The lowest BCUT2D eigenvalue weighted by molar-refractivity contribution is -0.132. The molecular weight excluding hydrogens is 278 g/mol. The van der Waals surface area contributed by atoms with Crippen LogP contribution in [0.2, 0.25) is 0 Å². The summed E-state index contributed by atoms with van der Waals surface area (Å²) in [5.41, 5.74) is 2.72. The highest BCUT2D eigenvalue weighted by Gasteiger charge is 2.14. The minimum Gasteiger partial charge on any atom is -0.426 e. The number of likely N-dealkylation sites (tertiary alicyclic amines) is 1. The molecule has 2 rings (SSSR count). The Balaban J connectivity index is 2.10. The fraction of sp³-hybridized carbons (Fsp3) is 0.444. The molecule has 118 valence electrons. The van der Waals surface area contributed by atoms with Crippen LogP contribution in [-0.4, -0.2) is 29.9 Å². The molecule has 0 unspecified atom stereocenters. The van der Waals surface area contributed by atoms with E-state index < -0.39 is 0 Å². The van der Waals surface area contributed by atoms with Crippen LogP contribution in [0.1, 0.15) is 42.9 Å². The Bertz CT molecular complexity index is 575. The Morgan fingerprint density at radius 1 is 1.09 bits per heavy atom. The van der Waals surface area contributed by atoms with Crippen LogP contribution < -0.4 is 4.74 Å². The number of carbonyl (C=O) groups excluding carboxylic acids is 2. The number of benzene rings is 1. The molecule has 0 aromatic heterocycles. The molecule has 0 atom stereocenters. The molecular formula is C18H23NO3. The van der Waals surface area contributed by atoms with Crippen LogP contribution >= 0.6 is 0 Å². The van der Waals surface area contributed by atoms with Crippen LogP contribution in [0.3, 0.4) is 0 Å². The summed E-state index contributed by atoms with van der Waals surface area (Å²) in [4.78, 5) is 25.1. The lowest BCUT2D eigenvalue weighted by atomic mass is 10.0. The van der Waals surface area contributed by atoms with Gasteiger partial charge >= 0.3 is 5.97 Å². The smallest absolute Gasteiger partial charge is 0.308 e. The van der Waals surface area contributed by atoms with Crippen LogP contribution in [0.15, 0.2) is 18.2 Å². The monoisotopic (exact) mass is 301 g/mol. The van der Waals surface area contributed by atoms with Crippen molar-refractivity contribution in [2.75, 3.05) is 13.1 Å². The van der Waals surface area contributed by atoms with Gasteiger partial charge in [-0.3, -0.25) is 9.59 Å². The van der Waals surface area contributed by atoms with Crippen LogP contribution in [0.25, 0.3) is 6.08 Å². The molecule has 0 saturated carbocycles. The molecule has 1 saturated heterocycles. The normalized spacial score (nSPS) is 15.1. The second kappa shape index (κ2) is 7.25. The van der Waals surface area contributed by atoms with E-state index in [9.17, 15) is 9.59 Å². The van der Waals surface area contributed by atoms with E-state index in [1.54, 1.807) is 6.08 Å². The molecule has 1 fully saturated rings. The van der Waals surface area contributed by atoms with Gasteiger partial charge in [0.05, 0.1) is 0 Å². The first-order chi connectivity index (χ1) is 10.5. The molecule has 0 spiro atoms. The third-order valence-electron chi connectivity index (χ3n) is 3.81. The highest BCUT2D eigenvalue weighted by Crippen LogP contribution is 2.25. The minimum atomic E-state index is -0.324. The number of nitrogens with zero attached hydrogens (tertiary/aromatic N) is 1. The van der Waals surface area contributed by atoms with Gasteiger partial charge < -0.3 is 9.64 Å². The van der Waals surface area contributed by atoms with Crippen molar-refractivity contribution in [1.29, 1.82) is 0 Å². The summed E-state index contributed by atoms with van der Waals surface area (Å²) in [5.74, 6) is 0.348. The number of aryl methyl sites for hydroxylation is 2. The summed E-state index contributed by atoms with van der Waals surface area (Å²) in [6.07, 6.45) is 6.85. The second-order valence-corrected chi connectivity index (χ2v) is 5.80. The highest BCUT2D eigenvalue weighted by atomic mass is 16.5. The third kappa shape index (κ3) is 4.20. The highest BCUT2D eigenvalue weighted by molar-refractivity contribution is 5.92. The van der Waals surface area contributed by atoms with Crippen molar-refractivity contribution < 1.29 is 14.3 Å². The molecule has 0 bridgehead atoms. The predicted molar refractivity (Wildman–Crippen MR) is 86.7 cm³/mol. The molecule has 1 amide bonds. The van der Waals surface area contributed by atoms with Crippen molar-refractivity contribution in [3.63, 3.8) is 0 Å². The molecule has 22 heavy (non-hydrogen) atoms. The van der Waals surface area contributed by atoms with E-state index in [4.69, 9.17) is 4.74 Å². The van der Waals surface area contributed by atoms with Gasteiger partial charge in [-0.2, -0.15) is 0 Å². The topological polar surface area (TPSA) is 46.6 Å². The summed E-state index contributed by atoms with van der Waals surface area (Å²) in [5, 5.41) is 0. The van der Waals surface area contributed by atoms with Gasteiger partial charge in [0.25, 0.3) is 0 Å². The molecule has 0 N–H and O–H groups in total. The van der Waals surface area contributed by atoms with Crippen molar-refractivity contribution in [2.45, 2.75) is 40.0 Å². The number of amides is 1. The molecule has 4 nitrogen and oxygen atoms in total. The van der Waals surface area contributed by atoms with Gasteiger partial charge in [-0.25, -0.2) is 0 Å². The van der Waals surface area contributed by atoms with Crippen molar-refractivity contribution in [1.82, 2.24) is 4.90 Å². The summed E-state index contributed by atoms with van der Waals surface area (Å²) in [6, 6.07) is 3.84. The number of carbonyl (C=O) groups is 2. The van der Waals surface area contributed by atoms with Crippen LogP contribution in [0.5, 0.6) is 5.75 Å². The molecule has 4 heteroatoms. The zero-order valence-corrected chi connectivity index (χ0v) is 13.5. The third-order valence-corrected chi connectivity index (χ3v) is 3.81. The summed E-state index contributed by atoms with van der Waals surface area (Å²) < 4.78 is 5.21. The zero-order chi connectivity index (χ0) is 16.1. The fourth-order valence-electron chi connectivity index (χ4n) is 2.77. The molecule has 1 aromatic rings. The van der Waals surface area contributed by atoms with Crippen molar-refractivity contribution in [3.8, 4) is 5.75 Å². The Morgan fingerprint density at radius 3 is 2.23 bits per heavy atom. The van der Waals surface area contributed by atoms with Crippen LogP contribution in [0, 0.1) is 13.8 Å². The van der Waals surface area contributed by atoms with E-state index in [1.165, 1.54) is 13.3 Å². The summed E-state index contributed by atoms with van der Waals surface area (Å²) in [6.45, 7) is 6.90. The largest absolute Gasteiger partial charge is 0.426 e. The SMILES string of the molecule is CC(=O)Oc1c(C)cc(/C=C/C(=O)N2CCCCC2)cc1C. The van der Waals surface area contributed by atoms with Crippen LogP contribution in [0.4, 0.5) is 0 Å². The van der Waals surface area contributed by atoms with Gasteiger partial charge in [-0.05, 0) is 68.0 Å². The Morgan fingerprint density at radius 2 is 1.68 bits per heavy atom. The van der Waals surface area contributed by atoms with Gasteiger partial charge in [0, 0.05) is 26.1 Å². The lowest BCUT2D eigenvalue weighted by Crippen LogP contribution is -2.34. The number of piperidine rings is 1. The van der Waals surface area contributed by atoms with E-state index in [0.717, 1.165) is 42.6 Å². The van der Waals surface area contributed by atoms with Crippen molar-refractivity contribution >= 4 is 18.0 Å². The molecule has 1 aliphatic heterocycles. The quantitative estimate of drug-likeness (QED) is 0.489. The van der Waals surface area contributed by atoms with Gasteiger partial charge in [0.1, 0.15) is 5.75 Å². The van der Waals surface area contributed by atoms with E-state index in [1.807, 2.05) is 37.0 Å². The van der Waals surface area contributed by atoms with E-state index >= 15 is 0 Å². The Labute approximate surface area is 131 Å². The van der Waals surface area contributed by atoms with Gasteiger partial charge in [0.2, 0.25) is 5.91 Å². The zero-order valence-electron chi connectivity index (χ0n) is 13.5. The standard InChI is InChI=1S/C18H23NO3/c1-13-11-16(12-14(2)18(13)22-15(3)20)7-8-17(21)19-9-5-4-6-10-19/h7-8,11-12H,4-6,9-10H2,1-3H3/b8-7+. The minimum absolute atomic E-state index is 0.0686. The molecule has 1 aliphatic rings. The first-order valence-electron chi connectivity index (χ1n) is 7.74. The molecule has 1 aromatic carbocycles. The van der Waals surface area contributed by atoms with Gasteiger partial charge in [0.15, 0.2) is 0 Å². The average Bonchev–Trinajstić information content (AvgIpc) is 2.49. The van der Waals surface area contributed by atoms with Crippen molar-refractivity contribution in [2.24, 2.45) is 0 Å². The molecule has 0 radical (unpaired) electrons. The lowest BCUT2D eigenvalue weighted by Gasteiger charge is -2.25. The number of esters is 1. The number of hydrogen-bond acceptors (Lipinski definition) is 3. The fourth-order valence-corrected chi connectivity index (χ4v) is 2.77. The summed E-state index contributed by atoms with van der Waals surface area (Å²) in [7, 11) is 0. The van der Waals surface area contributed by atoms with Gasteiger partial charge in [-0.15, -0.1) is 0 Å². The van der Waals surface area contributed by atoms with E-state index in [0.29, 0.717) is 5.75 Å². The molecule has 1 heterocycles. The maximum Gasteiger partial charge on any atom is 0.308 e. The maximum atomic E-state index is 12.1. The Kier molecular flexibility index (Phi) is 5.36. The second-order valence-electron chi connectivity index (χ2n) is 5.80. The van der Waals surface area contributed by atoms with E-state index in [2.05, 4.69) is 0 Å². The van der Waals surface area contributed by atoms with Crippen molar-refractivity contribution in [3.05, 3.63) is 34.9 Å². The summed E-state index contributed by atoms with van der Waals surface area (Å²) >= 11 is 0. The molecule has 0 aliphatic carbocycles. The first kappa shape index (κ1) is 16.3. The maximum absolute atomic E-state index is 12.1. The van der Waals surface area contributed by atoms with E-state index in [-0.39, 0.29) is 11.9 Å². The average molecular weight is 301 g/mol. The predicted octanol–water partition coefficient (Wildman–Crippen LogP) is 3.25. The van der Waals surface area contributed by atoms with Crippen LogP contribution in [-0.2, 0) is 9.59 Å². The number of ether oxygens (including phenoxy) is 1. The Hall–Kier alpha value is -2.10.